The van der Waals surface area contributed by atoms with Gasteiger partial charge in [-0.05, 0) is 36.8 Å². The molecule has 1 atom stereocenters. The van der Waals surface area contributed by atoms with Crippen molar-refractivity contribution in [1.29, 1.82) is 0 Å². The number of likely N-dealkylation sites (tertiary alicyclic amines) is 1. The highest BCUT2D eigenvalue weighted by Gasteiger charge is 2.27. The van der Waals surface area contributed by atoms with Crippen molar-refractivity contribution in [2.45, 2.75) is 12.5 Å². The third-order valence-corrected chi connectivity index (χ3v) is 4.88. The molecule has 1 fully saturated rings. The van der Waals surface area contributed by atoms with E-state index in [1.54, 1.807) is 36.2 Å². The Hall–Kier alpha value is -3.07. The minimum Gasteiger partial charge on any atom is -0.372 e. The average molecular weight is 411 g/mol. The molecule has 1 aliphatic heterocycles. The van der Waals surface area contributed by atoms with Crippen LogP contribution in [-0.2, 0) is 4.79 Å². The zero-order chi connectivity index (χ0) is 21.0. The molecular formula is C19H20BClN6O2. The second-order valence-electron chi connectivity index (χ2n) is 6.50. The molecule has 148 valence electrons. The Morgan fingerprint density at radius 1 is 1.31 bits per heavy atom. The van der Waals surface area contributed by atoms with Gasteiger partial charge in [0.05, 0.1) is 5.02 Å². The van der Waals surface area contributed by atoms with Crippen molar-refractivity contribution >= 4 is 54.3 Å². The molecule has 0 saturated carbocycles. The van der Waals surface area contributed by atoms with E-state index in [1.165, 1.54) is 6.08 Å². The summed E-state index contributed by atoms with van der Waals surface area (Å²) in [7, 11) is 7.51. The maximum Gasteiger partial charge on any atom is 0.253 e. The summed E-state index contributed by atoms with van der Waals surface area (Å²) in [6.07, 6.45) is 1.94. The Balaban J connectivity index is 1.62. The number of hydrogen-bond donors (Lipinski definition) is 3. The number of benzene rings is 1. The first-order chi connectivity index (χ1) is 13.9. The van der Waals surface area contributed by atoms with Gasteiger partial charge in [-0.3, -0.25) is 9.59 Å². The summed E-state index contributed by atoms with van der Waals surface area (Å²) in [5.41, 5.74) is 1.33. The summed E-state index contributed by atoms with van der Waals surface area (Å²) in [5, 5.41) is 9.00. The fourth-order valence-corrected chi connectivity index (χ4v) is 3.19. The lowest BCUT2D eigenvalue weighted by atomic mass is 10.0. The van der Waals surface area contributed by atoms with Gasteiger partial charge < -0.3 is 20.9 Å². The van der Waals surface area contributed by atoms with Gasteiger partial charge in [0, 0.05) is 43.0 Å². The van der Waals surface area contributed by atoms with Gasteiger partial charge in [-0.25, -0.2) is 4.98 Å². The van der Waals surface area contributed by atoms with Gasteiger partial charge >= 0.3 is 0 Å². The van der Waals surface area contributed by atoms with Crippen LogP contribution in [0.5, 0.6) is 0 Å². The van der Waals surface area contributed by atoms with Crippen molar-refractivity contribution in [3.63, 3.8) is 0 Å². The number of hydrogen-bond acceptors (Lipinski definition) is 6. The van der Waals surface area contributed by atoms with Gasteiger partial charge in [-0.1, -0.05) is 18.2 Å². The topological polar surface area (TPSA) is 99.3 Å². The van der Waals surface area contributed by atoms with Crippen molar-refractivity contribution < 1.29 is 9.59 Å². The van der Waals surface area contributed by atoms with Crippen molar-refractivity contribution in [1.82, 2.24) is 14.9 Å². The molecule has 1 saturated heterocycles. The van der Waals surface area contributed by atoms with Crippen LogP contribution in [0, 0.1) is 0 Å². The first-order valence-electron chi connectivity index (χ1n) is 9.01. The molecule has 1 aromatic carbocycles. The first kappa shape index (κ1) is 20.7. The highest BCUT2D eigenvalue weighted by Crippen LogP contribution is 2.20. The van der Waals surface area contributed by atoms with Gasteiger partial charge in [0.1, 0.15) is 13.7 Å². The number of anilines is 3. The van der Waals surface area contributed by atoms with E-state index in [4.69, 9.17) is 19.4 Å². The van der Waals surface area contributed by atoms with E-state index in [0.29, 0.717) is 36.1 Å². The van der Waals surface area contributed by atoms with Crippen LogP contribution in [0.25, 0.3) is 0 Å². The fourth-order valence-electron chi connectivity index (χ4n) is 3.01. The molecule has 1 aromatic heterocycles. The van der Waals surface area contributed by atoms with Crippen LogP contribution in [0.4, 0.5) is 17.5 Å². The molecule has 0 aliphatic carbocycles. The molecule has 10 heteroatoms. The number of carbonyl (C=O) groups excluding carboxylic acids is 2. The number of amides is 2. The number of nitrogens with one attached hydrogen (secondary N) is 3. The highest BCUT2D eigenvalue weighted by atomic mass is 35.5. The summed E-state index contributed by atoms with van der Waals surface area (Å²) in [6, 6.07) is 6.73. The van der Waals surface area contributed by atoms with E-state index >= 15 is 0 Å². The van der Waals surface area contributed by atoms with Crippen LogP contribution < -0.4 is 21.5 Å². The molecule has 2 radical (unpaired) electrons. The third kappa shape index (κ3) is 4.86. The maximum absolute atomic E-state index is 12.7. The summed E-state index contributed by atoms with van der Waals surface area (Å²) < 4.78 is 0. The summed E-state index contributed by atoms with van der Waals surface area (Å²) in [6.45, 7) is 4.52. The van der Waals surface area contributed by atoms with E-state index in [0.717, 1.165) is 6.42 Å². The standard InChI is InChI=1S/C19H20BClN6O2/c1-3-14(28)23-12-6-4-11(5-7-12)18(29)27-9-8-13(10-27)24-19-25-16(20)15(21)17(22-2)26-19/h3-7,13H,1,8-10H2,2H3,(H,23,28)(H2,22,24,25,26)/t13-/m1/s1. The molecule has 1 aliphatic rings. The number of halogens is 1. The highest BCUT2D eigenvalue weighted by molar-refractivity contribution is 6.45. The monoisotopic (exact) mass is 410 g/mol. The Morgan fingerprint density at radius 3 is 2.69 bits per heavy atom. The van der Waals surface area contributed by atoms with Crippen LogP contribution in [0.3, 0.4) is 0 Å². The number of aromatic nitrogens is 2. The fraction of sp³-hybridized carbons (Fsp3) is 0.263. The summed E-state index contributed by atoms with van der Waals surface area (Å²) in [5.74, 6) is 0.418. The minimum atomic E-state index is -0.302. The second kappa shape index (κ2) is 8.96. The molecule has 3 N–H and O–H groups in total. The number of nitrogens with zero attached hydrogens (tertiary/aromatic N) is 3. The smallest absolute Gasteiger partial charge is 0.253 e. The van der Waals surface area contributed by atoms with Crippen LogP contribution in [0.15, 0.2) is 36.9 Å². The van der Waals surface area contributed by atoms with Crippen LogP contribution in [0.1, 0.15) is 16.8 Å². The first-order valence-corrected chi connectivity index (χ1v) is 9.39. The lowest BCUT2D eigenvalue weighted by Gasteiger charge is -2.18. The van der Waals surface area contributed by atoms with Crippen LogP contribution in [-0.4, -0.2) is 60.7 Å². The van der Waals surface area contributed by atoms with Crippen LogP contribution >= 0.6 is 11.6 Å². The Labute approximate surface area is 175 Å². The Kier molecular flexibility index (Phi) is 6.38. The molecule has 29 heavy (non-hydrogen) atoms. The second-order valence-corrected chi connectivity index (χ2v) is 6.87. The number of carbonyl (C=O) groups is 2. The van der Waals surface area contributed by atoms with E-state index in [9.17, 15) is 9.59 Å². The van der Waals surface area contributed by atoms with Crippen molar-refractivity contribution in [3.05, 3.63) is 47.5 Å². The Morgan fingerprint density at radius 2 is 2.03 bits per heavy atom. The van der Waals surface area contributed by atoms with Gasteiger partial charge in [0.25, 0.3) is 5.91 Å². The Bertz CT molecular complexity index is 937. The van der Waals surface area contributed by atoms with Gasteiger partial charge in [-0.15, -0.1) is 0 Å². The van der Waals surface area contributed by atoms with Gasteiger partial charge in [0.2, 0.25) is 11.9 Å². The van der Waals surface area contributed by atoms with Crippen molar-refractivity contribution in [2.24, 2.45) is 0 Å². The molecule has 2 amide bonds. The zero-order valence-corrected chi connectivity index (χ0v) is 16.7. The van der Waals surface area contributed by atoms with Gasteiger partial charge in [0.15, 0.2) is 0 Å². The van der Waals surface area contributed by atoms with Crippen LogP contribution in [0.2, 0.25) is 5.02 Å². The SMILES string of the molecule is [B]c1nc(N[C@@H]2CCN(C(=O)c3ccc(NC(=O)C=C)cc3)C2)nc(NC)c1Cl. The minimum absolute atomic E-state index is 0.00427. The molecule has 2 heterocycles. The van der Waals surface area contributed by atoms with Crippen molar-refractivity contribution in [2.75, 3.05) is 36.1 Å². The predicted molar refractivity (Wildman–Crippen MR) is 115 cm³/mol. The molecule has 3 rings (SSSR count). The molecule has 2 aromatic rings. The molecule has 0 bridgehead atoms. The molecular weight excluding hydrogens is 391 g/mol. The van der Waals surface area contributed by atoms with E-state index in [1.807, 2.05) is 0 Å². The third-order valence-electron chi connectivity index (χ3n) is 4.51. The molecule has 8 nitrogen and oxygen atoms in total. The quantitative estimate of drug-likeness (QED) is 0.492. The lowest BCUT2D eigenvalue weighted by Crippen LogP contribution is -2.32. The summed E-state index contributed by atoms with van der Waals surface area (Å²) in [4.78, 5) is 34.3. The van der Waals surface area contributed by atoms with E-state index in [-0.39, 0.29) is 28.5 Å². The van der Waals surface area contributed by atoms with Crippen molar-refractivity contribution in [3.8, 4) is 0 Å². The number of rotatable bonds is 6. The largest absolute Gasteiger partial charge is 0.372 e. The lowest BCUT2D eigenvalue weighted by molar-refractivity contribution is -0.111. The van der Waals surface area contributed by atoms with E-state index < -0.39 is 0 Å². The summed E-state index contributed by atoms with van der Waals surface area (Å²) >= 11 is 6.04. The van der Waals surface area contributed by atoms with E-state index in [2.05, 4.69) is 32.5 Å². The predicted octanol–water partition coefficient (Wildman–Crippen LogP) is 1.42. The molecule has 0 unspecified atom stereocenters. The van der Waals surface area contributed by atoms with Gasteiger partial charge in [-0.2, -0.15) is 4.98 Å². The normalized spacial score (nSPS) is 15.7. The average Bonchev–Trinajstić information content (AvgIpc) is 3.18. The maximum atomic E-state index is 12.7. The molecule has 0 spiro atoms. The zero-order valence-electron chi connectivity index (χ0n) is 15.9.